The fourth-order valence-corrected chi connectivity index (χ4v) is 3.74. The van der Waals surface area contributed by atoms with E-state index in [1.807, 2.05) is 54.1 Å². The van der Waals surface area contributed by atoms with Gasteiger partial charge in [0.2, 0.25) is 0 Å². The molecule has 0 atom stereocenters. The van der Waals surface area contributed by atoms with Crippen molar-refractivity contribution in [1.29, 1.82) is 0 Å². The van der Waals surface area contributed by atoms with Crippen molar-refractivity contribution in [2.24, 2.45) is 12.1 Å². The normalized spacial score (nSPS) is 11.2. The number of carbonyl (C=O) groups is 1. The van der Waals surface area contributed by atoms with E-state index in [4.69, 9.17) is 0 Å². The first-order chi connectivity index (χ1) is 14.2. The van der Waals surface area contributed by atoms with Crippen LogP contribution >= 0.6 is 11.8 Å². The number of hydrogen-bond acceptors (Lipinski definition) is 5. The molecule has 0 saturated carbocycles. The van der Waals surface area contributed by atoms with Gasteiger partial charge in [0, 0.05) is 23.9 Å². The van der Waals surface area contributed by atoms with E-state index < -0.39 is 0 Å². The lowest BCUT2D eigenvalue weighted by molar-refractivity contribution is 0.0955. The maximum Gasteiger partial charge on any atom is 0.271 e. The Labute approximate surface area is 172 Å². The van der Waals surface area contributed by atoms with Crippen LogP contribution in [0, 0.1) is 0 Å². The molecule has 6 nitrogen and oxygen atoms in total. The van der Waals surface area contributed by atoms with Crippen LogP contribution in [0.3, 0.4) is 0 Å². The third-order valence-electron chi connectivity index (χ3n) is 4.45. The zero-order valence-corrected chi connectivity index (χ0v) is 16.6. The first-order valence-electron chi connectivity index (χ1n) is 9.07. The van der Waals surface area contributed by atoms with Crippen molar-refractivity contribution in [3.05, 3.63) is 89.7 Å². The molecule has 144 valence electrons. The molecule has 0 aliphatic rings. The molecular formula is C22H19N5OS. The predicted octanol–water partition coefficient (Wildman–Crippen LogP) is 4.02. The van der Waals surface area contributed by atoms with Crippen LogP contribution in [0.25, 0.3) is 10.8 Å². The summed E-state index contributed by atoms with van der Waals surface area (Å²) in [4.78, 5) is 12.3. The summed E-state index contributed by atoms with van der Waals surface area (Å²) in [7, 11) is 1.91. The van der Waals surface area contributed by atoms with Crippen molar-refractivity contribution >= 4 is 34.7 Å². The molecule has 1 aromatic heterocycles. The summed E-state index contributed by atoms with van der Waals surface area (Å²) in [6, 6.07) is 21.6. The molecule has 0 radical (unpaired) electrons. The van der Waals surface area contributed by atoms with Crippen LogP contribution in [0.4, 0.5) is 0 Å². The van der Waals surface area contributed by atoms with Crippen molar-refractivity contribution in [2.75, 3.05) is 0 Å². The Balaban J connectivity index is 1.37. The number of carbonyl (C=O) groups excluding carboxylic acids is 1. The summed E-state index contributed by atoms with van der Waals surface area (Å²) < 4.78 is 1.88. The maximum atomic E-state index is 12.3. The molecule has 1 amide bonds. The number of aromatic nitrogens is 3. The molecule has 29 heavy (non-hydrogen) atoms. The van der Waals surface area contributed by atoms with Gasteiger partial charge in [-0.15, -0.1) is 10.2 Å². The molecule has 0 saturated heterocycles. The third kappa shape index (κ3) is 4.52. The minimum atomic E-state index is -0.242. The van der Waals surface area contributed by atoms with E-state index in [9.17, 15) is 4.79 Å². The smallest absolute Gasteiger partial charge is 0.271 e. The number of rotatable bonds is 6. The van der Waals surface area contributed by atoms with Crippen molar-refractivity contribution in [3.63, 3.8) is 0 Å². The number of hydrazone groups is 1. The van der Waals surface area contributed by atoms with Gasteiger partial charge in [-0.2, -0.15) is 5.10 Å². The first kappa shape index (κ1) is 18.9. The highest BCUT2D eigenvalue weighted by Gasteiger charge is 2.06. The van der Waals surface area contributed by atoms with E-state index >= 15 is 0 Å². The topological polar surface area (TPSA) is 72.2 Å². The van der Waals surface area contributed by atoms with Crippen LogP contribution < -0.4 is 5.43 Å². The van der Waals surface area contributed by atoms with Gasteiger partial charge in [0.05, 0.1) is 6.21 Å². The Morgan fingerprint density at radius 1 is 1.10 bits per heavy atom. The van der Waals surface area contributed by atoms with Gasteiger partial charge < -0.3 is 4.57 Å². The van der Waals surface area contributed by atoms with Gasteiger partial charge in [0.15, 0.2) is 5.16 Å². The Morgan fingerprint density at radius 3 is 2.69 bits per heavy atom. The fourth-order valence-electron chi connectivity index (χ4n) is 2.89. The Hall–Kier alpha value is -3.45. The van der Waals surface area contributed by atoms with E-state index in [0.29, 0.717) is 5.56 Å². The van der Waals surface area contributed by atoms with E-state index in [1.165, 1.54) is 0 Å². The minimum absolute atomic E-state index is 0.242. The van der Waals surface area contributed by atoms with E-state index in [1.54, 1.807) is 36.4 Å². The Bertz CT molecular complexity index is 1160. The summed E-state index contributed by atoms with van der Waals surface area (Å²) in [6.45, 7) is 0. The van der Waals surface area contributed by atoms with Gasteiger partial charge in [0.1, 0.15) is 6.33 Å². The Kier molecular flexibility index (Phi) is 5.67. The average molecular weight is 401 g/mol. The van der Waals surface area contributed by atoms with E-state index in [2.05, 4.69) is 32.9 Å². The van der Waals surface area contributed by atoms with Gasteiger partial charge in [-0.3, -0.25) is 4.79 Å². The molecule has 7 heteroatoms. The number of nitrogens with zero attached hydrogens (tertiary/aromatic N) is 4. The van der Waals surface area contributed by atoms with Crippen LogP contribution in [0.15, 0.2) is 83.3 Å². The molecular weight excluding hydrogens is 382 g/mol. The van der Waals surface area contributed by atoms with Crippen molar-refractivity contribution in [2.45, 2.75) is 10.9 Å². The third-order valence-corrected chi connectivity index (χ3v) is 5.55. The maximum absolute atomic E-state index is 12.3. The van der Waals surface area contributed by atoms with Gasteiger partial charge >= 0.3 is 0 Å². The number of aryl methyl sites for hydroxylation is 1. The quantitative estimate of drug-likeness (QED) is 0.301. The molecule has 4 aromatic rings. The molecule has 1 heterocycles. The lowest BCUT2D eigenvalue weighted by atomic mass is 10.1. The molecule has 0 bridgehead atoms. The Morgan fingerprint density at radius 2 is 1.90 bits per heavy atom. The molecule has 0 aliphatic heterocycles. The van der Waals surface area contributed by atoms with Gasteiger partial charge in [-0.1, -0.05) is 66.4 Å². The number of nitrogens with one attached hydrogen (secondary N) is 1. The first-order valence-corrected chi connectivity index (χ1v) is 10.1. The largest absolute Gasteiger partial charge is 0.312 e. The van der Waals surface area contributed by atoms with Crippen LogP contribution in [0.2, 0.25) is 0 Å². The zero-order chi connectivity index (χ0) is 20.1. The van der Waals surface area contributed by atoms with Crippen LogP contribution in [-0.2, 0) is 12.8 Å². The molecule has 0 unspecified atom stereocenters. The highest BCUT2D eigenvalue weighted by Crippen LogP contribution is 2.20. The van der Waals surface area contributed by atoms with Gasteiger partial charge in [-0.25, -0.2) is 5.43 Å². The van der Waals surface area contributed by atoms with Crippen molar-refractivity contribution < 1.29 is 4.79 Å². The second kappa shape index (κ2) is 8.70. The van der Waals surface area contributed by atoms with E-state index in [0.717, 1.165) is 32.8 Å². The van der Waals surface area contributed by atoms with Crippen LogP contribution in [-0.4, -0.2) is 26.9 Å². The van der Waals surface area contributed by atoms with Crippen LogP contribution in [0.1, 0.15) is 21.5 Å². The second-order valence-corrected chi connectivity index (χ2v) is 7.42. The number of hydrogen-bond donors (Lipinski definition) is 1. The van der Waals surface area contributed by atoms with Gasteiger partial charge in [-0.05, 0) is 28.5 Å². The standard InChI is InChI=1S/C22H19N5OS/c1-27-15-24-26-22(27)29-14-16-9-11-18(12-10-16)21(28)25-23-13-19-7-4-6-17-5-2-3-8-20(17)19/h2-13,15H,14H2,1H3,(H,25,28)/b23-13+. The number of benzene rings is 3. The lowest BCUT2D eigenvalue weighted by Gasteiger charge is -2.04. The van der Waals surface area contributed by atoms with Crippen molar-refractivity contribution in [3.8, 4) is 0 Å². The lowest BCUT2D eigenvalue weighted by Crippen LogP contribution is -2.17. The predicted molar refractivity (Wildman–Crippen MR) is 116 cm³/mol. The number of amides is 1. The molecule has 3 aromatic carbocycles. The highest BCUT2D eigenvalue weighted by atomic mass is 32.2. The summed E-state index contributed by atoms with van der Waals surface area (Å²) in [5.74, 6) is 0.516. The summed E-state index contributed by atoms with van der Waals surface area (Å²) in [5, 5.41) is 15.1. The molecule has 0 spiro atoms. The minimum Gasteiger partial charge on any atom is -0.312 e. The highest BCUT2D eigenvalue weighted by molar-refractivity contribution is 7.98. The number of thioether (sulfide) groups is 1. The monoisotopic (exact) mass is 401 g/mol. The molecule has 0 aliphatic carbocycles. The summed E-state index contributed by atoms with van der Waals surface area (Å²) >= 11 is 1.60. The summed E-state index contributed by atoms with van der Waals surface area (Å²) in [6.07, 6.45) is 3.35. The molecule has 4 rings (SSSR count). The molecule has 1 N–H and O–H groups in total. The number of fused-ring (bicyclic) bond motifs is 1. The van der Waals surface area contributed by atoms with Gasteiger partial charge in [0.25, 0.3) is 5.91 Å². The fraction of sp³-hybridized carbons (Fsp3) is 0.0909. The van der Waals surface area contributed by atoms with Crippen molar-refractivity contribution in [1.82, 2.24) is 20.2 Å². The molecule has 0 fully saturated rings. The summed E-state index contributed by atoms with van der Waals surface area (Å²) in [5.41, 5.74) is 5.22. The second-order valence-electron chi connectivity index (χ2n) is 6.48. The average Bonchev–Trinajstić information content (AvgIpc) is 3.17. The van der Waals surface area contributed by atoms with E-state index in [-0.39, 0.29) is 5.91 Å². The zero-order valence-electron chi connectivity index (χ0n) is 15.8. The van der Waals surface area contributed by atoms with Crippen LogP contribution in [0.5, 0.6) is 0 Å². The SMILES string of the molecule is Cn1cnnc1SCc1ccc(C(=O)N/N=C/c2cccc3ccccc23)cc1.